The number of hydrogen-bond donors (Lipinski definition) is 0. The fraction of sp³-hybridized carbons (Fsp3) is 0.0357. The van der Waals surface area contributed by atoms with E-state index in [-0.39, 0.29) is 0 Å². The van der Waals surface area contributed by atoms with Gasteiger partial charge in [0.25, 0.3) is 0 Å². The Morgan fingerprint density at radius 1 is 0.533 bits per heavy atom. The summed E-state index contributed by atoms with van der Waals surface area (Å²) in [5.74, 6) is 0.917. The minimum absolute atomic E-state index is 0.917. The molecular weight excluding hydrogens is 364 g/mol. The minimum Gasteiger partial charge on any atom is -0.293 e. The van der Waals surface area contributed by atoms with Gasteiger partial charge >= 0.3 is 0 Å². The van der Waals surface area contributed by atoms with Crippen LogP contribution in [0.2, 0.25) is 0 Å². The maximum absolute atomic E-state index is 4.73. The zero-order chi connectivity index (χ0) is 20.3. The highest BCUT2D eigenvalue weighted by molar-refractivity contribution is 5.91. The highest BCUT2D eigenvalue weighted by Crippen LogP contribution is 2.44. The molecule has 0 saturated heterocycles. The maximum atomic E-state index is 4.73. The predicted octanol–water partition coefficient (Wildman–Crippen LogP) is 7.18. The molecule has 2 heteroatoms. The second-order valence-electron chi connectivity index (χ2n) is 7.32. The van der Waals surface area contributed by atoms with Crippen LogP contribution in [0.4, 0.5) is 0 Å². The molecule has 0 atom stereocenters. The Balaban J connectivity index is 1.95. The number of aromatic nitrogens is 2. The smallest absolute Gasteiger partial charge is 0.137 e. The summed E-state index contributed by atoms with van der Waals surface area (Å²) in [5, 5.41) is 0. The van der Waals surface area contributed by atoms with Crippen molar-refractivity contribution in [3.63, 3.8) is 0 Å². The minimum atomic E-state index is 0.917. The van der Waals surface area contributed by atoms with Gasteiger partial charge in [-0.1, -0.05) is 97.1 Å². The fourth-order valence-corrected chi connectivity index (χ4v) is 4.17. The lowest BCUT2D eigenvalue weighted by Crippen LogP contribution is -2.02. The van der Waals surface area contributed by atoms with Gasteiger partial charge in [-0.05, 0) is 41.3 Å². The van der Waals surface area contributed by atoms with E-state index in [0.717, 1.165) is 11.5 Å². The van der Waals surface area contributed by atoms with E-state index in [0.29, 0.717) is 0 Å². The van der Waals surface area contributed by atoms with Crippen molar-refractivity contribution in [2.45, 2.75) is 6.92 Å². The van der Waals surface area contributed by atoms with Gasteiger partial charge in [-0.25, -0.2) is 4.98 Å². The number of benzene rings is 3. The molecule has 0 amide bonds. The molecule has 5 aromatic rings. The lowest BCUT2D eigenvalue weighted by Gasteiger charge is -2.14. The first-order valence-electron chi connectivity index (χ1n) is 10.2. The molecule has 0 aliphatic heterocycles. The van der Waals surface area contributed by atoms with Crippen LogP contribution >= 0.6 is 0 Å². The molecule has 5 rings (SSSR count). The summed E-state index contributed by atoms with van der Waals surface area (Å²) in [6.45, 7) is 2.22. The van der Waals surface area contributed by atoms with Crippen LogP contribution in [0.3, 0.4) is 0 Å². The predicted molar refractivity (Wildman–Crippen MR) is 125 cm³/mol. The Hall–Kier alpha value is -3.91. The van der Waals surface area contributed by atoms with E-state index in [1.54, 1.807) is 0 Å². The van der Waals surface area contributed by atoms with Crippen LogP contribution in [0, 0.1) is 6.92 Å². The highest BCUT2D eigenvalue weighted by atomic mass is 15.1. The molecular formula is C28H22N2. The molecule has 2 nitrogen and oxygen atoms in total. The van der Waals surface area contributed by atoms with Crippen molar-refractivity contribution in [2.24, 2.45) is 0 Å². The van der Waals surface area contributed by atoms with Crippen molar-refractivity contribution < 1.29 is 0 Å². The Labute approximate surface area is 177 Å². The average Bonchev–Trinajstić information content (AvgIpc) is 3.14. The molecule has 0 aliphatic rings. The Morgan fingerprint density at radius 3 is 1.57 bits per heavy atom. The van der Waals surface area contributed by atoms with Gasteiger partial charge < -0.3 is 0 Å². The second-order valence-corrected chi connectivity index (χ2v) is 7.32. The number of pyridine rings is 1. The van der Waals surface area contributed by atoms with Gasteiger partial charge in [0.1, 0.15) is 5.82 Å². The first-order valence-corrected chi connectivity index (χ1v) is 10.2. The van der Waals surface area contributed by atoms with Gasteiger partial charge in [-0.15, -0.1) is 0 Å². The standard InChI is InChI=1S/C28H22N2/c1-21-26(22-13-5-2-6-14-22)28(24-17-9-4-10-18-24)30(25-19-11-12-20-29-25)27(21)23-15-7-3-8-16-23/h2-20H,1H3. The van der Waals surface area contributed by atoms with Gasteiger partial charge in [-0.3, -0.25) is 4.57 Å². The number of rotatable bonds is 4. The summed E-state index contributed by atoms with van der Waals surface area (Å²) in [6.07, 6.45) is 1.86. The summed E-state index contributed by atoms with van der Waals surface area (Å²) in [6, 6.07) is 37.9. The molecule has 0 bridgehead atoms. The maximum Gasteiger partial charge on any atom is 0.137 e. The highest BCUT2D eigenvalue weighted by Gasteiger charge is 2.24. The van der Waals surface area contributed by atoms with Crippen LogP contribution in [-0.2, 0) is 0 Å². The van der Waals surface area contributed by atoms with Crippen LogP contribution in [0.1, 0.15) is 5.56 Å². The molecule has 144 valence electrons. The largest absolute Gasteiger partial charge is 0.293 e. The van der Waals surface area contributed by atoms with Crippen LogP contribution < -0.4 is 0 Å². The monoisotopic (exact) mass is 386 g/mol. The molecule has 0 aliphatic carbocycles. The van der Waals surface area contributed by atoms with E-state index in [1.807, 2.05) is 18.3 Å². The molecule has 30 heavy (non-hydrogen) atoms. The molecule has 0 fully saturated rings. The number of nitrogens with zero attached hydrogens (tertiary/aromatic N) is 2. The van der Waals surface area contributed by atoms with E-state index in [9.17, 15) is 0 Å². The average molecular weight is 386 g/mol. The Morgan fingerprint density at radius 2 is 1.03 bits per heavy atom. The summed E-state index contributed by atoms with van der Waals surface area (Å²) < 4.78 is 2.31. The second kappa shape index (κ2) is 7.84. The van der Waals surface area contributed by atoms with Crippen molar-refractivity contribution in [3.8, 4) is 39.5 Å². The Kier molecular flexibility index (Phi) is 4.74. The van der Waals surface area contributed by atoms with Crippen LogP contribution in [0.25, 0.3) is 39.5 Å². The van der Waals surface area contributed by atoms with Crippen molar-refractivity contribution in [3.05, 3.63) is 121 Å². The van der Waals surface area contributed by atoms with Crippen molar-refractivity contribution in [2.75, 3.05) is 0 Å². The normalized spacial score (nSPS) is 10.8. The third-order valence-electron chi connectivity index (χ3n) is 5.45. The zero-order valence-corrected chi connectivity index (χ0v) is 16.9. The molecule has 0 radical (unpaired) electrons. The lowest BCUT2D eigenvalue weighted by molar-refractivity contribution is 1.02. The van der Waals surface area contributed by atoms with Crippen molar-refractivity contribution >= 4 is 0 Å². The molecule has 0 N–H and O–H groups in total. The first-order chi connectivity index (χ1) is 14.8. The summed E-state index contributed by atoms with van der Waals surface area (Å²) in [5.41, 5.74) is 8.39. The molecule has 2 aromatic heterocycles. The van der Waals surface area contributed by atoms with Gasteiger partial charge in [0.15, 0.2) is 0 Å². The van der Waals surface area contributed by atoms with E-state index in [4.69, 9.17) is 4.98 Å². The lowest BCUT2D eigenvalue weighted by atomic mass is 9.96. The molecule has 2 heterocycles. The van der Waals surface area contributed by atoms with Crippen LogP contribution in [0.15, 0.2) is 115 Å². The molecule has 3 aromatic carbocycles. The number of hydrogen-bond acceptors (Lipinski definition) is 1. The molecule has 0 saturated carbocycles. The van der Waals surface area contributed by atoms with Crippen molar-refractivity contribution in [1.29, 1.82) is 0 Å². The summed E-state index contributed by atoms with van der Waals surface area (Å²) >= 11 is 0. The Bertz CT molecular complexity index is 1160. The van der Waals surface area contributed by atoms with Crippen LogP contribution in [-0.4, -0.2) is 9.55 Å². The third kappa shape index (κ3) is 3.13. The van der Waals surface area contributed by atoms with Gasteiger partial charge in [0, 0.05) is 11.8 Å². The van der Waals surface area contributed by atoms with Crippen LogP contribution in [0.5, 0.6) is 0 Å². The van der Waals surface area contributed by atoms with E-state index < -0.39 is 0 Å². The SMILES string of the molecule is Cc1c(-c2ccccc2)c(-c2ccccc2)n(-c2ccccn2)c1-c1ccccc1. The van der Waals surface area contributed by atoms with Gasteiger partial charge in [0.2, 0.25) is 0 Å². The summed E-state index contributed by atoms with van der Waals surface area (Å²) in [4.78, 5) is 4.73. The van der Waals surface area contributed by atoms with E-state index >= 15 is 0 Å². The quantitative estimate of drug-likeness (QED) is 0.320. The first kappa shape index (κ1) is 18.1. The topological polar surface area (TPSA) is 17.8 Å². The van der Waals surface area contributed by atoms with E-state index in [2.05, 4.69) is 109 Å². The van der Waals surface area contributed by atoms with Gasteiger partial charge in [0.05, 0.1) is 11.4 Å². The zero-order valence-electron chi connectivity index (χ0n) is 16.9. The van der Waals surface area contributed by atoms with Gasteiger partial charge in [-0.2, -0.15) is 0 Å². The molecule has 0 unspecified atom stereocenters. The fourth-order valence-electron chi connectivity index (χ4n) is 4.17. The molecule has 0 spiro atoms. The summed E-state index contributed by atoms with van der Waals surface area (Å²) in [7, 11) is 0. The van der Waals surface area contributed by atoms with E-state index in [1.165, 1.54) is 33.5 Å². The third-order valence-corrected chi connectivity index (χ3v) is 5.45. The van der Waals surface area contributed by atoms with Crippen molar-refractivity contribution in [1.82, 2.24) is 9.55 Å².